The van der Waals surface area contributed by atoms with Crippen molar-refractivity contribution < 1.29 is 22.1 Å². The third-order valence-electron chi connectivity index (χ3n) is 4.36. The molecule has 0 aliphatic heterocycles. The Kier molecular flexibility index (Phi) is 5.44. The van der Waals surface area contributed by atoms with Crippen LogP contribution < -0.4 is 10.9 Å². The number of aromatic nitrogens is 2. The van der Waals surface area contributed by atoms with E-state index >= 15 is 0 Å². The Balaban J connectivity index is 1.64. The van der Waals surface area contributed by atoms with Crippen LogP contribution in [0.3, 0.4) is 0 Å². The number of hydrogen-bond acceptors (Lipinski definition) is 10. The monoisotopic (exact) mass is 476 g/mol. The summed E-state index contributed by atoms with van der Waals surface area (Å²) in [6.07, 6.45) is 2.27. The summed E-state index contributed by atoms with van der Waals surface area (Å²) in [7, 11) is -3.77. The molecule has 2 heterocycles. The molecule has 0 saturated carbocycles. The highest BCUT2D eigenvalue weighted by Gasteiger charge is 2.22. The molecule has 4 rings (SSSR count). The highest BCUT2D eigenvalue weighted by molar-refractivity contribution is 7.90. The number of hydrogen-bond donors (Lipinski definition) is 1. The molecule has 2 aromatic heterocycles. The van der Waals surface area contributed by atoms with Crippen LogP contribution in [0.15, 0.2) is 56.8 Å². The molecule has 0 spiro atoms. The lowest BCUT2D eigenvalue weighted by Crippen LogP contribution is -2.11. The molecule has 0 bridgehead atoms. The van der Waals surface area contributed by atoms with Gasteiger partial charge in [0.1, 0.15) is 16.8 Å². The first-order valence-electron chi connectivity index (χ1n) is 8.89. The van der Waals surface area contributed by atoms with E-state index in [1.54, 1.807) is 0 Å². The average molecular weight is 476 g/mol. The van der Waals surface area contributed by atoms with Crippen molar-refractivity contribution in [1.29, 1.82) is 0 Å². The zero-order chi connectivity index (χ0) is 23.0. The number of anilines is 1. The molecule has 4 aromatic rings. The number of benzene rings is 2. The number of rotatable bonds is 6. The fraction of sp³-hybridized carbons (Fsp3) is 0.105. The minimum Gasteiger partial charge on any atom is -0.444 e. The van der Waals surface area contributed by atoms with Crippen molar-refractivity contribution in [2.45, 2.75) is 11.4 Å². The lowest BCUT2D eigenvalue weighted by atomic mass is 10.2. The number of fused-ring (bicyclic) bond motifs is 1. The summed E-state index contributed by atoms with van der Waals surface area (Å²) in [6.45, 7) is 0.0916. The summed E-state index contributed by atoms with van der Waals surface area (Å²) in [4.78, 5) is 31.0. The average Bonchev–Trinajstić information content (AvgIpc) is 3.20. The second-order valence-corrected chi connectivity index (χ2v) is 9.69. The summed E-state index contributed by atoms with van der Waals surface area (Å²) in [6, 6.07) is 7.58. The van der Waals surface area contributed by atoms with Crippen molar-refractivity contribution >= 4 is 42.1 Å². The number of nitro groups is 1. The van der Waals surface area contributed by atoms with Crippen LogP contribution in [0.1, 0.15) is 5.69 Å². The molecule has 0 radical (unpaired) electrons. The third-order valence-corrected chi connectivity index (χ3v) is 6.52. The zero-order valence-corrected chi connectivity index (χ0v) is 17.9. The van der Waals surface area contributed by atoms with E-state index in [2.05, 4.69) is 15.3 Å². The highest BCUT2D eigenvalue weighted by atomic mass is 32.2. The fourth-order valence-electron chi connectivity index (χ4n) is 2.83. The molecule has 164 valence electrons. The van der Waals surface area contributed by atoms with E-state index in [-0.39, 0.29) is 32.5 Å². The number of nitrogens with zero attached hydrogens (tertiary/aromatic N) is 3. The van der Waals surface area contributed by atoms with Crippen molar-refractivity contribution in [3.63, 3.8) is 0 Å². The number of non-ortho nitro benzene ring substituents is 1. The largest absolute Gasteiger partial charge is 0.444 e. The molecule has 13 heteroatoms. The topological polar surface area (TPSA) is 145 Å². The Morgan fingerprint density at radius 3 is 2.59 bits per heavy atom. The van der Waals surface area contributed by atoms with E-state index < -0.39 is 31.8 Å². The van der Waals surface area contributed by atoms with E-state index in [1.165, 1.54) is 30.5 Å². The maximum atomic E-state index is 13.1. The van der Waals surface area contributed by atoms with Gasteiger partial charge in [-0.25, -0.2) is 17.8 Å². The second-order valence-electron chi connectivity index (χ2n) is 6.68. The van der Waals surface area contributed by atoms with Crippen LogP contribution in [-0.2, 0) is 16.4 Å². The smallest absolute Gasteiger partial charge is 0.288 e. The number of halogens is 1. The predicted molar refractivity (Wildman–Crippen MR) is 115 cm³/mol. The Labute approximate surface area is 183 Å². The van der Waals surface area contributed by atoms with Crippen LogP contribution in [0.2, 0.25) is 0 Å². The zero-order valence-electron chi connectivity index (χ0n) is 16.2. The van der Waals surface area contributed by atoms with Crippen molar-refractivity contribution in [2.24, 2.45) is 0 Å². The van der Waals surface area contributed by atoms with Gasteiger partial charge in [0.2, 0.25) is 5.89 Å². The van der Waals surface area contributed by atoms with Crippen LogP contribution in [0, 0.1) is 15.9 Å². The lowest BCUT2D eigenvalue weighted by molar-refractivity contribution is -0.383. The van der Waals surface area contributed by atoms with Gasteiger partial charge < -0.3 is 9.73 Å². The van der Waals surface area contributed by atoms with Gasteiger partial charge >= 0.3 is 0 Å². The first-order chi connectivity index (χ1) is 15.1. The van der Waals surface area contributed by atoms with Gasteiger partial charge in [-0.15, -0.1) is 0 Å². The van der Waals surface area contributed by atoms with Crippen molar-refractivity contribution in [3.05, 3.63) is 74.6 Å². The van der Waals surface area contributed by atoms with Crippen molar-refractivity contribution in [3.8, 4) is 11.5 Å². The standard InChI is InChI=1S/C19H13FN4O6S2/c1-32(28,29)13-6-14-16(15(7-13)24(26)27)31-19(23-17(14)25)21-8-12-9-30-18(22-12)10-2-4-11(20)5-3-10/h2-7,9H,8H2,1H3,(H,21,23,25). The third kappa shape index (κ3) is 4.33. The van der Waals surface area contributed by atoms with Crippen LogP contribution in [0.25, 0.3) is 21.5 Å². The van der Waals surface area contributed by atoms with Crippen LogP contribution >= 0.6 is 11.3 Å². The first-order valence-corrected chi connectivity index (χ1v) is 11.6. The van der Waals surface area contributed by atoms with Crippen LogP contribution in [0.5, 0.6) is 0 Å². The van der Waals surface area contributed by atoms with Gasteiger partial charge in [0.15, 0.2) is 15.0 Å². The molecule has 0 fully saturated rings. The van der Waals surface area contributed by atoms with Gasteiger partial charge in [-0.2, -0.15) is 4.98 Å². The predicted octanol–water partition coefficient (Wildman–Crippen LogP) is 3.37. The van der Waals surface area contributed by atoms with Crippen LogP contribution in [-0.4, -0.2) is 29.6 Å². The van der Waals surface area contributed by atoms with Gasteiger partial charge in [0.05, 0.1) is 27.4 Å². The maximum Gasteiger partial charge on any atom is 0.288 e. The molecular weight excluding hydrogens is 463 g/mol. The molecule has 0 aliphatic carbocycles. The Morgan fingerprint density at radius 1 is 1.22 bits per heavy atom. The molecule has 0 amide bonds. The van der Waals surface area contributed by atoms with E-state index in [0.29, 0.717) is 11.3 Å². The minimum atomic E-state index is -3.77. The Bertz CT molecular complexity index is 1510. The molecule has 1 N–H and O–H groups in total. The van der Waals surface area contributed by atoms with Crippen molar-refractivity contribution in [2.75, 3.05) is 11.6 Å². The first kappa shape index (κ1) is 21.5. The Morgan fingerprint density at radius 2 is 1.94 bits per heavy atom. The lowest BCUT2D eigenvalue weighted by Gasteiger charge is -2.06. The fourth-order valence-corrected chi connectivity index (χ4v) is 4.45. The van der Waals surface area contributed by atoms with Gasteiger partial charge in [0.25, 0.3) is 11.2 Å². The van der Waals surface area contributed by atoms with E-state index in [4.69, 9.17) is 4.42 Å². The molecule has 0 aliphatic rings. The van der Waals surface area contributed by atoms with Gasteiger partial charge in [0, 0.05) is 17.9 Å². The molecule has 0 saturated heterocycles. The van der Waals surface area contributed by atoms with Crippen LogP contribution in [0.4, 0.5) is 15.2 Å². The number of nitro benzene ring substituents is 1. The number of nitrogens with one attached hydrogen (secondary N) is 1. The molecule has 0 atom stereocenters. The summed E-state index contributed by atoms with van der Waals surface area (Å²) >= 11 is 0.841. The molecular formula is C19H13FN4O6S2. The molecule has 10 nitrogen and oxygen atoms in total. The summed E-state index contributed by atoms with van der Waals surface area (Å²) in [5.74, 6) is -0.123. The van der Waals surface area contributed by atoms with Crippen molar-refractivity contribution in [1.82, 2.24) is 9.97 Å². The molecule has 0 unspecified atom stereocenters. The van der Waals surface area contributed by atoms with E-state index in [1.807, 2.05) is 0 Å². The summed E-state index contributed by atoms with van der Waals surface area (Å²) in [5.41, 5.74) is -0.284. The summed E-state index contributed by atoms with van der Waals surface area (Å²) < 4.78 is 42.1. The molecule has 32 heavy (non-hydrogen) atoms. The summed E-state index contributed by atoms with van der Waals surface area (Å²) in [5, 5.41) is 14.3. The highest BCUT2D eigenvalue weighted by Crippen LogP contribution is 2.33. The Hall–Kier alpha value is -3.71. The maximum absolute atomic E-state index is 13.1. The second kappa shape index (κ2) is 8.09. The quantitative estimate of drug-likeness (QED) is 0.327. The SMILES string of the molecule is CS(=O)(=O)c1cc([N+](=O)[O-])c2sc(NCc3coc(-c4ccc(F)cc4)n3)nc(=O)c2c1. The van der Waals surface area contributed by atoms with Gasteiger partial charge in [-0.05, 0) is 30.3 Å². The number of sulfone groups is 1. The normalized spacial score (nSPS) is 11.6. The molecule has 2 aromatic carbocycles. The van der Waals surface area contributed by atoms with E-state index in [0.717, 1.165) is 29.7 Å². The van der Waals surface area contributed by atoms with E-state index in [9.17, 15) is 27.7 Å². The minimum absolute atomic E-state index is 0.00273. The van der Waals surface area contributed by atoms with Gasteiger partial charge in [-0.3, -0.25) is 14.9 Å². The number of oxazole rings is 1. The van der Waals surface area contributed by atoms with Gasteiger partial charge in [-0.1, -0.05) is 11.3 Å².